The Balaban J connectivity index is 1.88. The Hall–Kier alpha value is -2.35. The second-order valence-electron chi connectivity index (χ2n) is 4.68. The van der Waals surface area contributed by atoms with E-state index in [2.05, 4.69) is 59.7 Å². The first-order chi connectivity index (χ1) is 9.34. The highest BCUT2D eigenvalue weighted by Gasteiger charge is 2.01. The van der Waals surface area contributed by atoms with Crippen molar-refractivity contribution in [1.82, 2.24) is 4.98 Å². The molecule has 0 radical (unpaired) electrons. The highest BCUT2D eigenvalue weighted by atomic mass is 14.9. The number of pyridine rings is 1. The van der Waals surface area contributed by atoms with Crippen LogP contribution in [0.1, 0.15) is 11.1 Å². The Morgan fingerprint density at radius 2 is 1.89 bits per heavy atom. The maximum absolute atomic E-state index is 4.21. The van der Waals surface area contributed by atoms with Crippen molar-refractivity contribution in [2.75, 3.05) is 5.32 Å². The zero-order chi connectivity index (χ0) is 13.1. The summed E-state index contributed by atoms with van der Waals surface area (Å²) >= 11 is 0. The monoisotopic (exact) mass is 248 g/mol. The smallest absolute Gasteiger partial charge is 0.0438 e. The van der Waals surface area contributed by atoms with E-state index in [1.807, 2.05) is 18.5 Å². The van der Waals surface area contributed by atoms with Gasteiger partial charge in [0.25, 0.3) is 0 Å². The normalized spacial score (nSPS) is 10.6. The Morgan fingerprint density at radius 1 is 1.00 bits per heavy atom. The number of nitrogens with zero attached hydrogens (tertiary/aromatic N) is 1. The van der Waals surface area contributed by atoms with Crippen LogP contribution < -0.4 is 5.32 Å². The molecule has 1 N–H and O–H groups in total. The number of aryl methyl sites for hydroxylation is 1. The van der Waals surface area contributed by atoms with Crippen molar-refractivity contribution < 1.29 is 0 Å². The van der Waals surface area contributed by atoms with Gasteiger partial charge in [-0.25, -0.2) is 0 Å². The molecule has 0 unspecified atom stereocenters. The first kappa shape index (κ1) is 11.7. The van der Waals surface area contributed by atoms with Crippen LogP contribution in [0.15, 0.2) is 60.9 Å². The molecule has 1 heterocycles. The van der Waals surface area contributed by atoms with Crippen LogP contribution in [0.25, 0.3) is 10.8 Å². The Kier molecular flexibility index (Phi) is 3.15. The molecule has 0 aliphatic heterocycles. The SMILES string of the molecule is Cc1ccccc1CNc1cccc2ccncc12. The zero-order valence-electron chi connectivity index (χ0n) is 10.9. The number of fused-ring (bicyclic) bond motifs is 1. The summed E-state index contributed by atoms with van der Waals surface area (Å²) in [6.45, 7) is 2.97. The third kappa shape index (κ3) is 2.43. The van der Waals surface area contributed by atoms with Crippen LogP contribution >= 0.6 is 0 Å². The third-order valence-electron chi connectivity index (χ3n) is 3.41. The molecule has 0 saturated heterocycles. The molecular weight excluding hydrogens is 232 g/mol. The summed E-state index contributed by atoms with van der Waals surface area (Å²) in [4.78, 5) is 4.21. The molecule has 0 saturated carbocycles. The fourth-order valence-corrected chi connectivity index (χ4v) is 2.27. The van der Waals surface area contributed by atoms with Gasteiger partial charge in [0, 0.05) is 30.0 Å². The number of hydrogen-bond acceptors (Lipinski definition) is 2. The second kappa shape index (κ2) is 5.11. The first-order valence-electron chi connectivity index (χ1n) is 6.46. The fraction of sp³-hybridized carbons (Fsp3) is 0.118. The van der Waals surface area contributed by atoms with Gasteiger partial charge < -0.3 is 5.32 Å². The van der Waals surface area contributed by atoms with Gasteiger partial charge in [0.05, 0.1) is 0 Å². The molecular formula is C17H16N2. The van der Waals surface area contributed by atoms with E-state index >= 15 is 0 Å². The molecule has 2 nitrogen and oxygen atoms in total. The summed E-state index contributed by atoms with van der Waals surface area (Å²) in [7, 11) is 0. The van der Waals surface area contributed by atoms with Crippen molar-refractivity contribution in [3.8, 4) is 0 Å². The minimum Gasteiger partial charge on any atom is -0.380 e. The Morgan fingerprint density at radius 3 is 2.79 bits per heavy atom. The van der Waals surface area contributed by atoms with Crippen molar-refractivity contribution in [2.45, 2.75) is 13.5 Å². The summed E-state index contributed by atoms with van der Waals surface area (Å²) in [5.41, 5.74) is 3.77. The maximum Gasteiger partial charge on any atom is 0.0438 e. The minimum atomic E-state index is 0.834. The lowest BCUT2D eigenvalue weighted by atomic mass is 10.1. The molecule has 0 fully saturated rings. The van der Waals surface area contributed by atoms with Gasteiger partial charge in [0.15, 0.2) is 0 Å². The highest BCUT2D eigenvalue weighted by Crippen LogP contribution is 2.22. The van der Waals surface area contributed by atoms with Gasteiger partial charge in [-0.15, -0.1) is 0 Å². The molecule has 3 aromatic rings. The lowest BCUT2D eigenvalue weighted by Crippen LogP contribution is -2.01. The van der Waals surface area contributed by atoms with Gasteiger partial charge in [-0.1, -0.05) is 36.4 Å². The van der Waals surface area contributed by atoms with Gasteiger partial charge in [-0.3, -0.25) is 4.98 Å². The summed E-state index contributed by atoms with van der Waals surface area (Å²) < 4.78 is 0. The van der Waals surface area contributed by atoms with Gasteiger partial charge in [0.1, 0.15) is 0 Å². The maximum atomic E-state index is 4.21. The molecule has 0 atom stereocenters. The van der Waals surface area contributed by atoms with Gasteiger partial charge in [-0.05, 0) is 35.6 Å². The summed E-state index contributed by atoms with van der Waals surface area (Å²) in [5.74, 6) is 0. The molecule has 0 spiro atoms. The van der Waals surface area contributed by atoms with Crippen LogP contribution in [0.4, 0.5) is 5.69 Å². The average molecular weight is 248 g/mol. The van der Waals surface area contributed by atoms with Crippen molar-refractivity contribution in [3.63, 3.8) is 0 Å². The van der Waals surface area contributed by atoms with Crippen LogP contribution in [-0.4, -0.2) is 4.98 Å². The van der Waals surface area contributed by atoms with E-state index in [-0.39, 0.29) is 0 Å². The predicted molar refractivity (Wildman–Crippen MR) is 80.2 cm³/mol. The number of anilines is 1. The predicted octanol–water partition coefficient (Wildman–Crippen LogP) is 4.16. The van der Waals surface area contributed by atoms with E-state index in [0.717, 1.165) is 12.2 Å². The topological polar surface area (TPSA) is 24.9 Å². The lowest BCUT2D eigenvalue weighted by Gasteiger charge is -2.11. The Labute approximate surface area is 113 Å². The summed E-state index contributed by atoms with van der Waals surface area (Å²) in [5, 5.41) is 5.88. The van der Waals surface area contributed by atoms with E-state index in [9.17, 15) is 0 Å². The van der Waals surface area contributed by atoms with E-state index in [1.165, 1.54) is 21.9 Å². The molecule has 2 heteroatoms. The molecule has 19 heavy (non-hydrogen) atoms. The number of rotatable bonds is 3. The molecule has 94 valence electrons. The van der Waals surface area contributed by atoms with Crippen LogP contribution in [0.5, 0.6) is 0 Å². The summed E-state index contributed by atoms with van der Waals surface area (Å²) in [6, 6.07) is 16.8. The van der Waals surface area contributed by atoms with Crippen molar-refractivity contribution >= 4 is 16.5 Å². The van der Waals surface area contributed by atoms with Crippen molar-refractivity contribution in [2.24, 2.45) is 0 Å². The van der Waals surface area contributed by atoms with Gasteiger partial charge >= 0.3 is 0 Å². The van der Waals surface area contributed by atoms with Gasteiger partial charge in [0.2, 0.25) is 0 Å². The number of benzene rings is 2. The quantitative estimate of drug-likeness (QED) is 0.753. The third-order valence-corrected chi connectivity index (χ3v) is 3.41. The minimum absolute atomic E-state index is 0.834. The van der Waals surface area contributed by atoms with Crippen molar-refractivity contribution in [1.29, 1.82) is 0 Å². The first-order valence-corrected chi connectivity index (χ1v) is 6.46. The largest absolute Gasteiger partial charge is 0.380 e. The fourth-order valence-electron chi connectivity index (χ4n) is 2.27. The van der Waals surface area contributed by atoms with Crippen molar-refractivity contribution in [3.05, 3.63) is 72.1 Å². The van der Waals surface area contributed by atoms with Crippen LogP contribution in [0.3, 0.4) is 0 Å². The summed E-state index contributed by atoms with van der Waals surface area (Å²) in [6.07, 6.45) is 3.74. The lowest BCUT2D eigenvalue weighted by molar-refractivity contribution is 1.12. The van der Waals surface area contributed by atoms with E-state index < -0.39 is 0 Å². The standard InChI is InChI=1S/C17H16N2/c1-13-5-2-3-6-15(13)11-19-17-8-4-7-14-9-10-18-12-16(14)17/h2-10,12,19H,11H2,1H3. The van der Waals surface area contributed by atoms with Crippen LogP contribution in [0, 0.1) is 6.92 Å². The molecule has 0 bridgehead atoms. The van der Waals surface area contributed by atoms with Crippen LogP contribution in [0.2, 0.25) is 0 Å². The molecule has 3 rings (SSSR count). The van der Waals surface area contributed by atoms with Gasteiger partial charge in [-0.2, -0.15) is 0 Å². The average Bonchev–Trinajstić information content (AvgIpc) is 2.46. The van der Waals surface area contributed by atoms with E-state index in [1.54, 1.807) is 0 Å². The molecule has 1 aromatic heterocycles. The number of hydrogen-bond donors (Lipinski definition) is 1. The van der Waals surface area contributed by atoms with E-state index in [0.29, 0.717) is 0 Å². The molecule has 0 aliphatic carbocycles. The van der Waals surface area contributed by atoms with Crippen LogP contribution in [-0.2, 0) is 6.54 Å². The second-order valence-corrected chi connectivity index (χ2v) is 4.68. The molecule has 0 amide bonds. The number of nitrogens with one attached hydrogen (secondary N) is 1. The van der Waals surface area contributed by atoms with E-state index in [4.69, 9.17) is 0 Å². The zero-order valence-corrected chi connectivity index (χ0v) is 10.9. The highest BCUT2D eigenvalue weighted by molar-refractivity contribution is 5.93. The number of aromatic nitrogens is 1. The molecule has 0 aliphatic rings. The molecule has 2 aromatic carbocycles. The Bertz CT molecular complexity index is 699.